The molecule has 0 bridgehead atoms. The van der Waals surface area contributed by atoms with Crippen LogP contribution >= 0.6 is 0 Å². The number of aromatic nitrogens is 1. The highest BCUT2D eigenvalue weighted by molar-refractivity contribution is 5.92. The summed E-state index contributed by atoms with van der Waals surface area (Å²) < 4.78 is 4.84. The molecular weight excluding hydrogens is 224 g/mol. The molecule has 0 aromatic carbocycles. The topological polar surface area (TPSA) is 83.6 Å². The summed E-state index contributed by atoms with van der Waals surface area (Å²) in [6, 6.07) is 1.56. The second-order valence-corrected chi connectivity index (χ2v) is 4.25. The highest BCUT2D eigenvalue weighted by Gasteiger charge is 2.29. The van der Waals surface area contributed by atoms with Crippen LogP contribution in [0.3, 0.4) is 0 Å². The van der Waals surface area contributed by atoms with Gasteiger partial charge < -0.3 is 14.5 Å². The molecule has 2 rings (SSSR count). The van der Waals surface area contributed by atoms with Crippen LogP contribution in [0.15, 0.2) is 10.6 Å². The third kappa shape index (κ3) is 2.46. The lowest BCUT2D eigenvalue weighted by atomic mass is 9.98. The normalized spacial score (nSPS) is 20.3. The summed E-state index contributed by atoms with van der Waals surface area (Å²) in [4.78, 5) is 24.4. The second kappa shape index (κ2) is 4.57. The van der Waals surface area contributed by atoms with Crippen LogP contribution in [-0.4, -0.2) is 40.1 Å². The zero-order valence-corrected chi connectivity index (χ0v) is 9.55. The number of carboxylic acid groups (broad SMARTS) is 1. The van der Waals surface area contributed by atoms with E-state index in [1.54, 1.807) is 13.0 Å². The average molecular weight is 238 g/mol. The summed E-state index contributed by atoms with van der Waals surface area (Å²) in [5, 5.41) is 12.6. The van der Waals surface area contributed by atoms with Crippen LogP contribution in [0.2, 0.25) is 0 Å². The maximum Gasteiger partial charge on any atom is 0.308 e. The number of hydrogen-bond acceptors (Lipinski definition) is 4. The molecule has 1 aromatic heterocycles. The van der Waals surface area contributed by atoms with Gasteiger partial charge in [-0.3, -0.25) is 9.59 Å². The van der Waals surface area contributed by atoms with Crippen molar-refractivity contribution in [3.05, 3.63) is 17.5 Å². The molecule has 0 aliphatic carbocycles. The van der Waals surface area contributed by atoms with Crippen molar-refractivity contribution < 1.29 is 19.2 Å². The van der Waals surface area contributed by atoms with Gasteiger partial charge in [-0.15, -0.1) is 0 Å². The molecule has 1 N–H and O–H groups in total. The van der Waals surface area contributed by atoms with Crippen LogP contribution in [0.4, 0.5) is 0 Å². The van der Waals surface area contributed by atoms with Crippen molar-refractivity contribution in [3.8, 4) is 0 Å². The van der Waals surface area contributed by atoms with Gasteiger partial charge in [0, 0.05) is 19.2 Å². The van der Waals surface area contributed by atoms with Crippen LogP contribution in [0.5, 0.6) is 0 Å². The fourth-order valence-corrected chi connectivity index (χ4v) is 1.99. The summed E-state index contributed by atoms with van der Waals surface area (Å²) in [6.07, 6.45) is 1.33. The first-order valence-electron chi connectivity index (χ1n) is 5.53. The number of aliphatic carboxylic acids is 1. The van der Waals surface area contributed by atoms with E-state index in [1.165, 1.54) is 4.90 Å². The molecule has 6 nitrogen and oxygen atoms in total. The zero-order chi connectivity index (χ0) is 12.4. The van der Waals surface area contributed by atoms with E-state index in [-0.39, 0.29) is 18.1 Å². The number of carbonyl (C=O) groups excluding carboxylic acids is 1. The molecule has 0 unspecified atom stereocenters. The molecule has 92 valence electrons. The smallest absolute Gasteiger partial charge is 0.308 e. The third-order valence-corrected chi connectivity index (χ3v) is 2.90. The molecule has 0 radical (unpaired) electrons. The molecule has 1 aliphatic heterocycles. The van der Waals surface area contributed by atoms with E-state index in [2.05, 4.69) is 5.16 Å². The van der Waals surface area contributed by atoms with E-state index < -0.39 is 11.9 Å². The lowest BCUT2D eigenvalue weighted by Crippen LogP contribution is -2.42. The van der Waals surface area contributed by atoms with Crippen LogP contribution in [0, 0.1) is 12.8 Å². The third-order valence-electron chi connectivity index (χ3n) is 2.90. The second-order valence-electron chi connectivity index (χ2n) is 4.25. The van der Waals surface area contributed by atoms with Gasteiger partial charge >= 0.3 is 5.97 Å². The molecule has 1 saturated heterocycles. The van der Waals surface area contributed by atoms with Crippen LogP contribution < -0.4 is 0 Å². The first-order chi connectivity index (χ1) is 8.08. The Hall–Kier alpha value is -1.85. The Morgan fingerprint density at radius 3 is 2.94 bits per heavy atom. The van der Waals surface area contributed by atoms with Gasteiger partial charge in [0.15, 0.2) is 5.69 Å². The van der Waals surface area contributed by atoms with Crippen molar-refractivity contribution in [1.29, 1.82) is 0 Å². The van der Waals surface area contributed by atoms with Crippen molar-refractivity contribution >= 4 is 11.9 Å². The number of likely N-dealkylation sites (tertiary alicyclic amines) is 1. The van der Waals surface area contributed by atoms with Gasteiger partial charge in [0.05, 0.1) is 5.92 Å². The Balaban J connectivity index is 2.07. The van der Waals surface area contributed by atoms with E-state index in [1.807, 2.05) is 0 Å². The number of carboxylic acids is 1. The molecule has 1 aliphatic rings. The molecule has 6 heteroatoms. The van der Waals surface area contributed by atoms with Crippen molar-refractivity contribution in [2.24, 2.45) is 5.92 Å². The number of rotatable bonds is 2. The minimum Gasteiger partial charge on any atom is -0.481 e. The minimum absolute atomic E-state index is 0.244. The van der Waals surface area contributed by atoms with Crippen LogP contribution in [0.25, 0.3) is 0 Å². The molecular formula is C11H14N2O4. The fourth-order valence-electron chi connectivity index (χ4n) is 1.99. The lowest BCUT2D eigenvalue weighted by molar-refractivity contribution is -0.143. The Morgan fingerprint density at radius 2 is 2.35 bits per heavy atom. The number of nitrogens with zero attached hydrogens (tertiary/aromatic N) is 2. The van der Waals surface area contributed by atoms with Crippen molar-refractivity contribution in [2.45, 2.75) is 19.8 Å². The predicted molar refractivity (Wildman–Crippen MR) is 57.5 cm³/mol. The fraction of sp³-hybridized carbons (Fsp3) is 0.545. The van der Waals surface area contributed by atoms with Gasteiger partial charge in [-0.1, -0.05) is 5.16 Å². The van der Waals surface area contributed by atoms with Gasteiger partial charge in [-0.05, 0) is 19.8 Å². The monoisotopic (exact) mass is 238 g/mol. The summed E-state index contributed by atoms with van der Waals surface area (Å²) in [7, 11) is 0. The van der Waals surface area contributed by atoms with Gasteiger partial charge in [0.25, 0.3) is 5.91 Å². The molecule has 1 aromatic rings. The first-order valence-corrected chi connectivity index (χ1v) is 5.53. The molecule has 1 fully saturated rings. The number of amides is 1. The first kappa shape index (κ1) is 11.6. The van der Waals surface area contributed by atoms with Crippen molar-refractivity contribution in [1.82, 2.24) is 10.1 Å². The molecule has 2 heterocycles. The van der Waals surface area contributed by atoms with Gasteiger partial charge in [0.1, 0.15) is 5.76 Å². The van der Waals surface area contributed by atoms with E-state index in [0.717, 1.165) is 0 Å². The summed E-state index contributed by atoms with van der Waals surface area (Å²) in [5.74, 6) is -1.01. The standard InChI is InChI=1S/C11H14N2O4/c1-7-5-9(12-17-7)10(14)13-4-2-3-8(6-13)11(15)16/h5,8H,2-4,6H2,1H3,(H,15,16)/t8-/m0/s1. The maximum absolute atomic E-state index is 12.0. The number of hydrogen-bond donors (Lipinski definition) is 1. The van der Waals surface area contributed by atoms with Gasteiger partial charge in [-0.2, -0.15) is 0 Å². The molecule has 0 spiro atoms. The Labute approximate surface area is 98.2 Å². The predicted octanol–water partition coefficient (Wildman–Crippen LogP) is 0.920. The van der Waals surface area contributed by atoms with Crippen molar-refractivity contribution in [2.75, 3.05) is 13.1 Å². The van der Waals surface area contributed by atoms with Crippen LogP contribution in [-0.2, 0) is 4.79 Å². The number of aryl methyl sites for hydroxylation is 1. The molecule has 1 amide bonds. The molecule has 0 saturated carbocycles. The van der Waals surface area contributed by atoms with E-state index >= 15 is 0 Å². The number of carbonyl (C=O) groups is 2. The van der Waals surface area contributed by atoms with E-state index in [0.29, 0.717) is 25.1 Å². The summed E-state index contributed by atoms with van der Waals surface area (Å²) in [5.41, 5.74) is 0.244. The van der Waals surface area contributed by atoms with Gasteiger partial charge in [0.2, 0.25) is 0 Å². The Bertz CT molecular complexity index is 440. The summed E-state index contributed by atoms with van der Waals surface area (Å²) >= 11 is 0. The zero-order valence-electron chi connectivity index (χ0n) is 9.55. The summed E-state index contributed by atoms with van der Waals surface area (Å²) in [6.45, 7) is 2.54. The maximum atomic E-state index is 12.0. The SMILES string of the molecule is Cc1cc(C(=O)N2CCC[C@H](C(=O)O)C2)no1. The lowest BCUT2D eigenvalue weighted by Gasteiger charge is -2.29. The Kier molecular flexibility index (Phi) is 3.12. The average Bonchev–Trinajstić information content (AvgIpc) is 2.75. The number of piperidine rings is 1. The van der Waals surface area contributed by atoms with E-state index in [9.17, 15) is 9.59 Å². The molecule has 1 atom stereocenters. The highest BCUT2D eigenvalue weighted by Crippen LogP contribution is 2.18. The highest BCUT2D eigenvalue weighted by atomic mass is 16.5. The quantitative estimate of drug-likeness (QED) is 0.828. The van der Waals surface area contributed by atoms with Crippen LogP contribution in [0.1, 0.15) is 29.1 Å². The minimum atomic E-state index is -0.848. The molecule has 17 heavy (non-hydrogen) atoms. The van der Waals surface area contributed by atoms with Gasteiger partial charge in [-0.25, -0.2) is 0 Å². The van der Waals surface area contributed by atoms with Crippen molar-refractivity contribution in [3.63, 3.8) is 0 Å². The van der Waals surface area contributed by atoms with E-state index in [4.69, 9.17) is 9.63 Å². The largest absolute Gasteiger partial charge is 0.481 e. The Morgan fingerprint density at radius 1 is 1.59 bits per heavy atom.